The zero-order valence-corrected chi connectivity index (χ0v) is 28.9. The molecule has 47 heavy (non-hydrogen) atoms. The van der Waals surface area contributed by atoms with Gasteiger partial charge in [-0.05, 0) is 104 Å². The molecule has 8 heteroatoms. The van der Waals surface area contributed by atoms with Crippen molar-refractivity contribution in [1.29, 1.82) is 0 Å². The summed E-state index contributed by atoms with van der Waals surface area (Å²) in [6.07, 6.45) is 7.54. The molecule has 0 radical (unpaired) electrons. The topological polar surface area (TPSA) is 74.6 Å². The highest BCUT2D eigenvalue weighted by atomic mass is 19.1. The van der Waals surface area contributed by atoms with Crippen LogP contribution >= 0.6 is 0 Å². The molecule has 5 atom stereocenters. The molecule has 1 aromatic heterocycles. The van der Waals surface area contributed by atoms with Crippen molar-refractivity contribution in [3.05, 3.63) is 70.0 Å². The van der Waals surface area contributed by atoms with Crippen LogP contribution in [0.25, 0.3) is 10.9 Å². The summed E-state index contributed by atoms with van der Waals surface area (Å²) in [6.45, 7) is 15.1. The number of nitrogens with one attached hydrogen (secondary N) is 2. The number of aliphatic imine (C=N–C) groups is 1. The molecular weight excluding hydrogens is 587 g/mol. The van der Waals surface area contributed by atoms with E-state index in [1.807, 2.05) is 28.8 Å². The second kappa shape index (κ2) is 13.0. The molecule has 5 aliphatic rings. The van der Waals surface area contributed by atoms with E-state index in [4.69, 9.17) is 9.98 Å². The number of anilines is 1. The number of fused-ring (bicyclic) bond motifs is 3. The summed E-state index contributed by atoms with van der Waals surface area (Å²) >= 11 is 0. The first-order valence-corrected chi connectivity index (χ1v) is 18.2. The molecular formula is C39H53FN6O. The predicted molar refractivity (Wildman–Crippen MR) is 190 cm³/mol. The van der Waals surface area contributed by atoms with E-state index < -0.39 is 0 Å². The van der Waals surface area contributed by atoms with Crippen LogP contribution < -0.4 is 16.2 Å². The van der Waals surface area contributed by atoms with Gasteiger partial charge in [0.1, 0.15) is 11.6 Å². The van der Waals surface area contributed by atoms with Crippen LogP contribution in [0.5, 0.6) is 0 Å². The molecule has 2 heterocycles. The summed E-state index contributed by atoms with van der Waals surface area (Å²) in [4.78, 5) is 27.3. The van der Waals surface area contributed by atoms with Crippen LogP contribution in [0.4, 0.5) is 10.1 Å². The Morgan fingerprint density at radius 3 is 2.53 bits per heavy atom. The summed E-state index contributed by atoms with van der Waals surface area (Å²) in [5.74, 6) is 4.60. The molecule has 5 fully saturated rings. The van der Waals surface area contributed by atoms with Crippen LogP contribution in [-0.4, -0.2) is 52.1 Å². The van der Waals surface area contributed by atoms with Crippen molar-refractivity contribution in [3.63, 3.8) is 0 Å². The number of halogens is 1. The lowest BCUT2D eigenvalue weighted by atomic mass is 9.45. The number of hydrogen-bond acceptors (Lipinski definition) is 4. The van der Waals surface area contributed by atoms with Crippen molar-refractivity contribution >= 4 is 22.5 Å². The first kappa shape index (κ1) is 32.3. The average molecular weight is 641 g/mol. The summed E-state index contributed by atoms with van der Waals surface area (Å²) in [5.41, 5.74) is 3.12. The number of aromatic nitrogens is 2. The van der Waals surface area contributed by atoms with E-state index in [1.165, 1.54) is 18.6 Å². The van der Waals surface area contributed by atoms with Crippen molar-refractivity contribution in [3.8, 4) is 0 Å². The van der Waals surface area contributed by atoms with Gasteiger partial charge in [0.15, 0.2) is 5.96 Å². The number of hydrogen-bond donors (Lipinski definition) is 2. The molecule has 5 unspecified atom stereocenters. The molecule has 3 aromatic rings. The number of aryl methyl sites for hydroxylation is 1. The van der Waals surface area contributed by atoms with E-state index in [9.17, 15) is 9.18 Å². The molecule has 2 bridgehead atoms. The Balaban J connectivity index is 1.21. The van der Waals surface area contributed by atoms with Gasteiger partial charge in [0.2, 0.25) is 0 Å². The Labute approximate surface area is 279 Å². The molecule has 4 aliphatic carbocycles. The highest BCUT2D eigenvalue weighted by Crippen LogP contribution is 2.61. The van der Waals surface area contributed by atoms with Gasteiger partial charge in [-0.1, -0.05) is 52.7 Å². The minimum absolute atomic E-state index is 0.0139. The molecule has 1 saturated heterocycles. The standard InChI is InChI=1S/C39H53FN6O/c1-24-6-10-28(11-7-24)36-43-35-22-31(14-15-32(35)37(47)46(36)18-16-27-8-12-30(40)13-9-27)42-38(45-19-17-41-25(2)23-45)44-34-21-29-20-33(26(34)3)39(29,4)5/h8-9,12-15,22,24-26,28-29,33-34,41H,6-7,10-11,16-21,23H2,1-5H3,(H,42,44). The number of guanidine groups is 1. The lowest BCUT2D eigenvalue weighted by molar-refractivity contribution is -0.108. The van der Waals surface area contributed by atoms with Gasteiger partial charge in [-0.3, -0.25) is 9.36 Å². The van der Waals surface area contributed by atoms with Gasteiger partial charge < -0.3 is 15.5 Å². The Bertz CT molecular complexity index is 1670. The SMILES string of the molecule is CC1CCC(c2nc3cc(NC(=NC4CC5CC(C4C)C5(C)C)N4CCNC(C)C4)ccc3c(=O)n2CCc2ccc(F)cc2)CC1. The number of rotatable bonds is 6. The fraction of sp³-hybridized carbons (Fsp3) is 0.615. The van der Waals surface area contributed by atoms with Crippen LogP contribution in [-0.2, 0) is 13.0 Å². The lowest BCUT2D eigenvalue weighted by Crippen LogP contribution is -2.57. The Morgan fingerprint density at radius 1 is 1.06 bits per heavy atom. The van der Waals surface area contributed by atoms with Crippen molar-refractivity contribution in [2.75, 3.05) is 25.0 Å². The normalized spacial score (nSPS) is 30.6. The van der Waals surface area contributed by atoms with Crippen LogP contribution in [0.1, 0.15) is 90.4 Å². The number of piperazine rings is 1. The highest BCUT2D eigenvalue weighted by Gasteiger charge is 2.56. The third-order valence-corrected chi connectivity index (χ3v) is 12.4. The van der Waals surface area contributed by atoms with Crippen LogP contribution in [0.3, 0.4) is 0 Å². The number of nitrogens with zero attached hydrogens (tertiary/aromatic N) is 4. The van der Waals surface area contributed by atoms with E-state index >= 15 is 0 Å². The van der Waals surface area contributed by atoms with E-state index in [0.717, 1.165) is 92.1 Å². The van der Waals surface area contributed by atoms with Crippen molar-refractivity contribution in [1.82, 2.24) is 19.8 Å². The summed E-state index contributed by atoms with van der Waals surface area (Å²) in [5, 5.41) is 7.96. The molecule has 4 saturated carbocycles. The zero-order valence-electron chi connectivity index (χ0n) is 28.9. The maximum absolute atomic E-state index is 14.1. The summed E-state index contributed by atoms with van der Waals surface area (Å²) in [6, 6.07) is 13.3. The van der Waals surface area contributed by atoms with Crippen molar-refractivity contribution < 1.29 is 4.39 Å². The summed E-state index contributed by atoms with van der Waals surface area (Å²) in [7, 11) is 0. The monoisotopic (exact) mass is 640 g/mol. The van der Waals surface area contributed by atoms with Gasteiger partial charge in [-0.15, -0.1) is 0 Å². The molecule has 0 spiro atoms. The van der Waals surface area contributed by atoms with Crippen LogP contribution in [0.2, 0.25) is 0 Å². The molecule has 8 rings (SSSR count). The molecule has 0 amide bonds. The Morgan fingerprint density at radius 2 is 1.83 bits per heavy atom. The average Bonchev–Trinajstić information content (AvgIpc) is 3.05. The zero-order chi connectivity index (χ0) is 32.9. The second-order valence-electron chi connectivity index (χ2n) is 15.9. The molecule has 2 N–H and O–H groups in total. The molecule has 1 aliphatic heterocycles. The maximum atomic E-state index is 14.1. The van der Waals surface area contributed by atoms with E-state index in [2.05, 4.69) is 56.2 Å². The quantitative estimate of drug-likeness (QED) is 0.220. The first-order chi connectivity index (χ1) is 22.6. The lowest BCUT2D eigenvalue weighted by Gasteiger charge is -2.61. The molecule has 7 nitrogen and oxygen atoms in total. The van der Waals surface area contributed by atoms with E-state index in [1.54, 1.807) is 0 Å². The fourth-order valence-electron chi connectivity index (χ4n) is 9.15. The smallest absolute Gasteiger partial charge is 0.261 e. The van der Waals surface area contributed by atoms with Gasteiger partial charge in [0.25, 0.3) is 5.56 Å². The number of benzene rings is 2. The Kier molecular flexibility index (Phi) is 8.92. The fourth-order valence-corrected chi connectivity index (χ4v) is 9.15. The van der Waals surface area contributed by atoms with Gasteiger partial charge in [-0.2, -0.15) is 0 Å². The van der Waals surface area contributed by atoms with E-state index in [-0.39, 0.29) is 17.3 Å². The first-order valence-electron chi connectivity index (χ1n) is 18.2. The van der Waals surface area contributed by atoms with Gasteiger partial charge >= 0.3 is 0 Å². The maximum Gasteiger partial charge on any atom is 0.261 e. The third kappa shape index (κ3) is 6.47. The molecule has 252 valence electrons. The van der Waals surface area contributed by atoms with Gasteiger partial charge in [-0.25, -0.2) is 14.4 Å². The summed E-state index contributed by atoms with van der Waals surface area (Å²) < 4.78 is 15.5. The van der Waals surface area contributed by atoms with Crippen LogP contribution in [0, 0.1) is 34.9 Å². The largest absolute Gasteiger partial charge is 0.340 e. The van der Waals surface area contributed by atoms with Gasteiger partial charge in [0, 0.05) is 43.8 Å². The predicted octanol–water partition coefficient (Wildman–Crippen LogP) is 7.20. The minimum atomic E-state index is -0.242. The third-order valence-electron chi connectivity index (χ3n) is 12.4. The van der Waals surface area contributed by atoms with Gasteiger partial charge in [0.05, 0.1) is 16.9 Å². The minimum Gasteiger partial charge on any atom is -0.340 e. The molecule has 2 aromatic carbocycles. The van der Waals surface area contributed by atoms with E-state index in [0.29, 0.717) is 47.7 Å². The Hall–Kier alpha value is -3.26. The van der Waals surface area contributed by atoms with Crippen molar-refractivity contribution in [2.45, 2.75) is 104 Å². The van der Waals surface area contributed by atoms with Crippen molar-refractivity contribution in [2.24, 2.45) is 34.1 Å². The second-order valence-corrected chi connectivity index (χ2v) is 15.9. The van der Waals surface area contributed by atoms with Crippen LogP contribution in [0.15, 0.2) is 52.3 Å². The highest BCUT2D eigenvalue weighted by molar-refractivity contribution is 5.96.